The van der Waals surface area contributed by atoms with Gasteiger partial charge in [0.05, 0.1) is 0 Å². The Hall–Kier alpha value is -2.54. The first kappa shape index (κ1) is 17.8. The molecule has 1 aromatic rings. The second kappa shape index (κ2) is 7.35. The quantitative estimate of drug-likeness (QED) is 0.693. The van der Waals surface area contributed by atoms with Gasteiger partial charge in [-0.2, -0.15) is 0 Å². The molecule has 1 aliphatic heterocycles. The Morgan fingerprint density at radius 1 is 1.33 bits per heavy atom. The van der Waals surface area contributed by atoms with Crippen LogP contribution in [0.5, 0.6) is 0 Å². The molecule has 1 aromatic carbocycles. The van der Waals surface area contributed by atoms with E-state index in [9.17, 15) is 19.5 Å². The van der Waals surface area contributed by atoms with E-state index in [4.69, 9.17) is 16.7 Å². The second-order valence-corrected chi connectivity index (χ2v) is 5.99. The molecule has 3 N–H and O–H groups in total. The number of carbonyl (C=O) groups excluding carboxylic acids is 2. The first-order valence-electron chi connectivity index (χ1n) is 7.26. The summed E-state index contributed by atoms with van der Waals surface area (Å²) < 4.78 is 0. The fraction of sp³-hybridized carbons (Fsp3) is 0.312. The minimum atomic E-state index is -1.24. The van der Waals surface area contributed by atoms with Crippen LogP contribution in [0.3, 0.4) is 0 Å². The maximum absolute atomic E-state index is 12.5. The first-order chi connectivity index (χ1) is 11.3. The Morgan fingerprint density at radius 2 is 1.96 bits per heavy atom. The molecule has 1 unspecified atom stereocenters. The summed E-state index contributed by atoms with van der Waals surface area (Å²) in [7, 11) is 0. The van der Waals surface area contributed by atoms with Crippen molar-refractivity contribution in [2.75, 3.05) is 13.1 Å². The van der Waals surface area contributed by atoms with Gasteiger partial charge in [0.25, 0.3) is 11.8 Å². The molecule has 1 atom stereocenters. The lowest BCUT2D eigenvalue weighted by molar-refractivity contribution is -0.139. The smallest absolute Gasteiger partial charge is 0.322 e. The SMILES string of the molecule is CC1CN(Cc2ccc(Cl)cc2)C(=O)C(C(=O)NCC(=O)O)=C1O. The van der Waals surface area contributed by atoms with Gasteiger partial charge in [-0.15, -0.1) is 0 Å². The van der Waals surface area contributed by atoms with E-state index in [0.717, 1.165) is 5.56 Å². The van der Waals surface area contributed by atoms with Gasteiger partial charge in [0.15, 0.2) is 0 Å². The molecule has 8 heteroatoms. The third-order valence-corrected chi connectivity index (χ3v) is 3.88. The summed E-state index contributed by atoms with van der Waals surface area (Å²) in [6.45, 7) is 1.56. The second-order valence-electron chi connectivity index (χ2n) is 5.55. The number of aliphatic hydroxyl groups excluding tert-OH is 1. The number of aliphatic carboxylic acids is 1. The van der Waals surface area contributed by atoms with Gasteiger partial charge < -0.3 is 20.4 Å². The minimum Gasteiger partial charge on any atom is -0.511 e. The average Bonchev–Trinajstić information content (AvgIpc) is 2.53. The van der Waals surface area contributed by atoms with Gasteiger partial charge in [-0.25, -0.2) is 0 Å². The molecule has 0 bridgehead atoms. The molecule has 2 amide bonds. The van der Waals surface area contributed by atoms with Crippen LogP contribution in [0.2, 0.25) is 5.02 Å². The molecule has 7 nitrogen and oxygen atoms in total. The molecule has 1 aliphatic rings. The zero-order chi connectivity index (χ0) is 17.9. The van der Waals surface area contributed by atoms with Gasteiger partial charge in [-0.3, -0.25) is 14.4 Å². The lowest BCUT2D eigenvalue weighted by atomic mass is 9.97. The van der Waals surface area contributed by atoms with Crippen LogP contribution in [0.25, 0.3) is 0 Å². The fourth-order valence-electron chi connectivity index (χ4n) is 2.42. The number of carboxylic acid groups (broad SMARTS) is 1. The number of nitrogens with zero attached hydrogens (tertiary/aromatic N) is 1. The summed E-state index contributed by atoms with van der Waals surface area (Å²) in [5.74, 6) is -3.52. The zero-order valence-corrected chi connectivity index (χ0v) is 13.7. The van der Waals surface area contributed by atoms with E-state index < -0.39 is 35.8 Å². The maximum Gasteiger partial charge on any atom is 0.322 e. The van der Waals surface area contributed by atoms with E-state index in [-0.39, 0.29) is 18.8 Å². The van der Waals surface area contributed by atoms with E-state index in [2.05, 4.69) is 5.32 Å². The van der Waals surface area contributed by atoms with Crippen LogP contribution >= 0.6 is 11.6 Å². The van der Waals surface area contributed by atoms with Crippen molar-refractivity contribution in [1.82, 2.24) is 10.2 Å². The van der Waals surface area contributed by atoms with Crippen LogP contribution in [0.15, 0.2) is 35.6 Å². The van der Waals surface area contributed by atoms with Crippen molar-refractivity contribution in [3.63, 3.8) is 0 Å². The number of hydrogen-bond acceptors (Lipinski definition) is 4. The Bertz CT molecular complexity index is 699. The van der Waals surface area contributed by atoms with Crippen molar-refractivity contribution in [3.8, 4) is 0 Å². The molecule has 24 heavy (non-hydrogen) atoms. The molecular formula is C16H17ClN2O5. The van der Waals surface area contributed by atoms with Gasteiger partial charge >= 0.3 is 5.97 Å². The third-order valence-electron chi connectivity index (χ3n) is 3.63. The summed E-state index contributed by atoms with van der Waals surface area (Å²) in [5, 5.41) is 21.4. The summed E-state index contributed by atoms with van der Waals surface area (Å²) in [6.07, 6.45) is 0. The molecule has 0 spiro atoms. The number of benzene rings is 1. The number of amides is 2. The van der Waals surface area contributed by atoms with Crippen LogP contribution in [0.1, 0.15) is 12.5 Å². The Morgan fingerprint density at radius 3 is 2.54 bits per heavy atom. The fourth-order valence-corrected chi connectivity index (χ4v) is 2.54. The highest BCUT2D eigenvalue weighted by atomic mass is 35.5. The summed E-state index contributed by atoms with van der Waals surface area (Å²) in [6, 6.07) is 6.93. The van der Waals surface area contributed by atoms with Crippen LogP contribution in [0.4, 0.5) is 0 Å². The van der Waals surface area contributed by atoms with Crippen molar-refractivity contribution in [1.29, 1.82) is 0 Å². The van der Waals surface area contributed by atoms with Crippen molar-refractivity contribution >= 4 is 29.4 Å². The summed E-state index contributed by atoms with van der Waals surface area (Å²) in [5.41, 5.74) is 0.413. The van der Waals surface area contributed by atoms with Crippen LogP contribution in [0, 0.1) is 5.92 Å². The topological polar surface area (TPSA) is 107 Å². The molecule has 0 radical (unpaired) electrons. The van der Waals surface area contributed by atoms with Crippen molar-refractivity contribution < 1.29 is 24.6 Å². The minimum absolute atomic E-state index is 0.253. The number of hydrogen-bond donors (Lipinski definition) is 3. The predicted octanol–water partition coefficient (Wildman–Crippen LogP) is 1.33. The van der Waals surface area contributed by atoms with E-state index >= 15 is 0 Å². The number of carboxylic acids is 1. The van der Waals surface area contributed by atoms with Gasteiger partial charge in [-0.05, 0) is 17.7 Å². The monoisotopic (exact) mass is 352 g/mol. The molecule has 0 aromatic heterocycles. The van der Waals surface area contributed by atoms with Gasteiger partial charge in [0, 0.05) is 24.0 Å². The number of nitrogens with one attached hydrogen (secondary N) is 1. The average molecular weight is 353 g/mol. The highest BCUT2D eigenvalue weighted by Gasteiger charge is 2.35. The van der Waals surface area contributed by atoms with Crippen LogP contribution in [-0.4, -0.2) is 46.0 Å². The molecular weight excluding hydrogens is 336 g/mol. The Labute approximate surface area is 143 Å². The molecule has 0 aliphatic carbocycles. The molecule has 128 valence electrons. The molecule has 0 fully saturated rings. The predicted molar refractivity (Wildman–Crippen MR) is 86.3 cm³/mol. The standard InChI is InChI=1S/C16H17ClN2O5/c1-9-7-19(8-10-2-4-11(17)5-3-10)16(24)13(14(9)22)15(23)18-6-12(20)21/h2-5,9,22H,6-8H2,1H3,(H,18,23)(H,20,21). The van der Waals surface area contributed by atoms with E-state index in [1.54, 1.807) is 31.2 Å². The third kappa shape index (κ3) is 4.05. The lowest BCUT2D eigenvalue weighted by Gasteiger charge is -2.31. The van der Waals surface area contributed by atoms with Crippen LogP contribution < -0.4 is 5.32 Å². The van der Waals surface area contributed by atoms with Gasteiger partial charge in [0.2, 0.25) is 0 Å². The van der Waals surface area contributed by atoms with Crippen molar-refractivity contribution in [2.24, 2.45) is 5.92 Å². The maximum atomic E-state index is 12.5. The highest BCUT2D eigenvalue weighted by Crippen LogP contribution is 2.24. The van der Waals surface area contributed by atoms with Gasteiger partial charge in [0.1, 0.15) is 17.9 Å². The Kier molecular flexibility index (Phi) is 5.46. The molecule has 0 saturated carbocycles. The first-order valence-corrected chi connectivity index (χ1v) is 7.64. The van der Waals surface area contributed by atoms with E-state index in [0.29, 0.717) is 5.02 Å². The summed E-state index contributed by atoms with van der Waals surface area (Å²) >= 11 is 5.83. The molecule has 2 rings (SSSR count). The zero-order valence-electron chi connectivity index (χ0n) is 13.0. The number of halogens is 1. The van der Waals surface area contributed by atoms with Gasteiger partial charge in [-0.1, -0.05) is 30.7 Å². The van der Waals surface area contributed by atoms with E-state index in [1.165, 1.54) is 4.90 Å². The lowest BCUT2D eigenvalue weighted by Crippen LogP contribution is -2.45. The number of carbonyl (C=O) groups is 3. The Balaban J connectivity index is 2.19. The molecule has 0 saturated heterocycles. The van der Waals surface area contributed by atoms with Crippen LogP contribution in [-0.2, 0) is 20.9 Å². The number of aliphatic hydroxyl groups is 1. The van der Waals surface area contributed by atoms with E-state index in [1.807, 2.05) is 0 Å². The normalized spacial score (nSPS) is 17.8. The highest BCUT2D eigenvalue weighted by molar-refractivity contribution is 6.30. The summed E-state index contributed by atoms with van der Waals surface area (Å²) in [4.78, 5) is 36.5. The largest absolute Gasteiger partial charge is 0.511 e. The molecule has 1 heterocycles. The van der Waals surface area contributed by atoms with Crippen molar-refractivity contribution in [3.05, 3.63) is 46.2 Å². The van der Waals surface area contributed by atoms with Crippen molar-refractivity contribution in [2.45, 2.75) is 13.5 Å². The number of rotatable bonds is 5.